The van der Waals surface area contributed by atoms with Gasteiger partial charge in [-0.05, 0) is 24.0 Å². The molecule has 2 N–H and O–H groups in total. The van der Waals surface area contributed by atoms with Gasteiger partial charge in [0, 0.05) is 11.8 Å². The predicted octanol–water partition coefficient (Wildman–Crippen LogP) is 1.44. The molecule has 2 rings (SSSR count). The first-order valence-corrected chi connectivity index (χ1v) is 7.32. The molecular weight excluding hydrogens is 222 g/mol. The average molecular weight is 239 g/mol. The van der Waals surface area contributed by atoms with Crippen LogP contribution in [0.2, 0.25) is 0 Å². The van der Waals surface area contributed by atoms with Crippen LogP contribution >= 0.6 is 0 Å². The Kier molecular flexibility index (Phi) is 3.04. The van der Waals surface area contributed by atoms with Gasteiger partial charge in [-0.3, -0.25) is 0 Å². The zero-order valence-corrected chi connectivity index (χ0v) is 10.2. The van der Waals surface area contributed by atoms with Crippen LogP contribution in [0.3, 0.4) is 0 Å². The van der Waals surface area contributed by atoms with Gasteiger partial charge < -0.3 is 5.73 Å². The fourth-order valence-corrected chi connectivity index (χ4v) is 3.88. The third-order valence-corrected chi connectivity index (χ3v) is 5.63. The summed E-state index contributed by atoms with van der Waals surface area (Å²) >= 11 is 0. The molecule has 0 radical (unpaired) electrons. The number of fused-ring (bicyclic) bond motifs is 1. The standard InChI is InChI=1S/C12H17NO2S/c1-2-16(14,15)11-8-7-9-5-3-4-6-10(9)12(11)13/h3-6,11-12H,2,7-8,13H2,1H3. The van der Waals surface area contributed by atoms with Gasteiger partial charge in [0.15, 0.2) is 9.84 Å². The molecule has 0 fully saturated rings. The van der Waals surface area contributed by atoms with Crippen molar-refractivity contribution < 1.29 is 8.42 Å². The summed E-state index contributed by atoms with van der Waals surface area (Å²) in [6, 6.07) is 7.50. The van der Waals surface area contributed by atoms with E-state index in [1.165, 1.54) is 5.56 Å². The van der Waals surface area contributed by atoms with Crippen molar-refractivity contribution in [1.82, 2.24) is 0 Å². The van der Waals surface area contributed by atoms with Crippen molar-refractivity contribution >= 4 is 9.84 Å². The Balaban J connectivity index is 2.39. The summed E-state index contributed by atoms with van der Waals surface area (Å²) in [6.07, 6.45) is 1.46. The summed E-state index contributed by atoms with van der Waals surface area (Å²) in [7, 11) is -3.04. The quantitative estimate of drug-likeness (QED) is 0.849. The topological polar surface area (TPSA) is 60.2 Å². The summed E-state index contributed by atoms with van der Waals surface area (Å²) in [5, 5.41) is -0.410. The normalized spacial score (nSPS) is 25.1. The number of hydrogen-bond donors (Lipinski definition) is 1. The monoisotopic (exact) mass is 239 g/mol. The van der Waals surface area contributed by atoms with Crippen molar-refractivity contribution in [3.8, 4) is 0 Å². The van der Waals surface area contributed by atoms with E-state index in [0.717, 1.165) is 12.0 Å². The molecule has 1 aliphatic rings. The lowest BCUT2D eigenvalue weighted by molar-refractivity contribution is 0.522. The maximum absolute atomic E-state index is 11.9. The molecule has 0 saturated carbocycles. The van der Waals surface area contributed by atoms with E-state index < -0.39 is 15.1 Å². The summed E-state index contributed by atoms with van der Waals surface area (Å²) in [5.41, 5.74) is 8.26. The van der Waals surface area contributed by atoms with E-state index in [4.69, 9.17) is 5.73 Å². The first kappa shape index (κ1) is 11.6. The molecule has 0 bridgehead atoms. The molecular formula is C12H17NO2S. The number of aryl methyl sites for hydroxylation is 1. The minimum absolute atomic E-state index is 0.174. The van der Waals surface area contributed by atoms with Gasteiger partial charge >= 0.3 is 0 Å². The molecule has 0 saturated heterocycles. The highest BCUT2D eigenvalue weighted by Crippen LogP contribution is 2.32. The SMILES string of the molecule is CCS(=O)(=O)C1CCc2ccccc2C1N. The zero-order chi connectivity index (χ0) is 11.8. The molecule has 2 unspecified atom stereocenters. The van der Waals surface area contributed by atoms with Crippen molar-refractivity contribution in [3.63, 3.8) is 0 Å². The van der Waals surface area contributed by atoms with Crippen LogP contribution in [0, 0.1) is 0 Å². The molecule has 1 aromatic rings. The molecule has 0 heterocycles. The Morgan fingerprint density at radius 1 is 1.38 bits per heavy atom. The largest absolute Gasteiger partial charge is 0.323 e. The van der Waals surface area contributed by atoms with E-state index in [-0.39, 0.29) is 11.8 Å². The van der Waals surface area contributed by atoms with E-state index in [2.05, 4.69) is 0 Å². The smallest absolute Gasteiger partial charge is 0.154 e. The minimum Gasteiger partial charge on any atom is -0.323 e. The van der Waals surface area contributed by atoms with Crippen molar-refractivity contribution in [3.05, 3.63) is 35.4 Å². The predicted molar refractivity (Wildman–Crippen MR) is 64.9 cm³/mol. The molecule has 16 heavy (non-hydrogen) atoms. The lowest BCUT2D eigenvalue weighted by Crippen LogP contribution is -2.38. The van der Waals surface area contributed by atoms with Gasteiger partial charge in [-0.25, -0.2) is 8.42 Å². The Labute approximate surface area is 96.6 Å². The summed E-state index contributed by atoms with van der Waals surface area (Å²) in [5.74, 6) is 0.174. The maximum atomic E-state index is 11.9. The van der Waals surface area contributed by atoms with E-state index in [1.807, 2.05) is 24.3 Å². The van der Waals surface area contributed by atoms with Gasteiger partial charge in [-0.15, -0.1) is 0 Å². The van der Waals surface area contributed by atoms with Crippen molar-refractivity contribution in [2.45, 2.75) is 31.1 Å². The van der Waals surface area contributed by atoms with Crippen LogP contribution in [0.5, 0.6) is 0 Å². The highest BCUT2D eigenvalue weighted by molar-refractivity contribution is 7.92. The van der Waals surface area contributed by atoms with Gasteiger partial charge in [0.1, 0.15) is 0 Å². The van der Waals surface area contributed by atoms with Gasteiger partial charge in [-0.2, -0.15) is 0 Å². The Morgan fingerprint density at radius 3 is 2.75 bits per heavy atom. The lowest BCUT2D eigenvalue weighted by atomic mass is 9.88. The Hall–Kier alpha value is -0.870. The second kappa shape index (κ2) is 4.18. The first-order valence-electron chi connectivity index (χ1n) is 5.61. The Morgan fingerprint density at radius 2 is 2.06 bits per heavy atom. The molecule has 0 aromatic heterocycles. The molecule has 4 heteroatoms. The van der Waals surface area contributed by atoms with Crippen molar-refractivity contribution in [2.24, 2.45) is 5.73 Å². The van der Waals surface area contributed by atoms with Crippen LogP contribution in [0.4, 0.5) is 0 Å². The fourth-order valence-electron chi connectivity index (χ4n) is 2.38. The molecule has 1 aliphatic carbocycles. The van der Waals surface area contributed by atoms with Crippen LogP contribution in [0.1, 0.15) is 30.5 Å². The first-order chi connectivity index (χ1) is 7.56. The molecule has 88 valence electrons. The lowest BCUT2D eigenvalue weighted by Gasteiger charge is -2.30. The maximum Gasteiger partial charge on any atom is 0.154 e. The van der Waals surface area contributed by atoms with E-state index in [9.17, 15) is 8.42 Å². The third-order valence-electron chi connectivity index (χ3n) is 3.38. The number of benzene rings is 1. The van der Waals surface area contributed by atoms with Gasteiger partial charge in [0.25, 0.3) is 0 Å². The van der Waals surface area contributed by atoms with Crippen molar-refractivity contribution in [1.29, 1.82) is 0 Å². The van der Waals surface area contributed by atoms with Crippen LogP contribution in [-0.2, 0) is 16.3 Å². The molecule has 1 aromatic carbocycles. The second-order valence-electron chi connectivity index (χ2n) is 4.25. The van der Waals surface area contributed by atoms with Crippen molar-refractivity contribution in [2.75, 3.05) is 5.75 Å². The molecule has 0 spiro atoms. The van der Waals surface area contributed by atoms with Gasteiger partial charge in [-0.1, -0.05) is 31.2 Å². The summed E-state index contributed by atoms with van der Waals surface area (Å²) in [6.45, 7) is 1.68. The number of hydrogen-bond acceptors (Lipinski definition) is 3. The number of rotatable bonds is 2. The van der Waals surface area contributed by atoms with E-state index >= 15 is 0 Å². The van der Waals surface area contributed by atoms with Crippen LogP contribution in [0.25, 0.3) is 0 Å². The highest BCUT2D eigenvalue weighted by Gasteiger charge is 2.34. The van der Waals surface area contributed by atoms with Gasteiger partial charge in [0.05, 0.1) is 5.25 Å². The molecule has 0 amide bonds. The summed E-state index contributed by atoms with van der Waals surface area (Å²) < 4.78 is 23.8. The number of sulfone groups is 1. The fraction of sp³-hybridized carbons (Fsp3) is 0.500. The minimum atomic E-state index is -3.04. The molecule has 2 atom stereocenters. The van der Waals surface area contributed by atoms with Gasteiger partial charge in [0.2, 0.25) is 0 Å². The highest BCUT2D eigenvalue weighted by atomic mass is 32.2. The average Bonchev–Trinajstić information content (AvgIpc) is 2.29. The van der Waals surface area contributed by atoms with Crippen LogP contribution in [-0.4, -0.2) is 19.4 Å². The van der Waals surface area contributed by atoms with Crippen LogP contribution in [0.15, 0.2) is 24.3 Å². The van der Waals surface area contributed by atoms with E-state index in [0.29, 0.717) is 6.42 Å². The van der Waals surface area contributed by atoms with E-state index in [1.54, 1.807) is 6.92 Å². The zero-order valence-electron chi connectivity index (χ0n) is 9.39. The number of nitrogens with two attached hydrogens (primary N) is 1. The third kappa shape index (κ3) is 1.87. The summed E-state index contributed by atoms with van der Waals surface area (Å²) in [4.78, 5) is 0. The molecule has 3 nitrogen and oxygen atoms in total. The Bertz CT molecular complexity index is 482. The molecule has 0 aliphatic heterocycles. The van der Waals surface area contributed by atoms with Crippen LogP contribution < -0.4 is 5.73 Å². The second-order valence-corrected chi connectivity index (χ2v) is 6.76.